The average molecular weight is 179 g/mol. The Morgan fingerprint density at radius 3 is 2.83 bits per heavy atom. The van der Waals surface area contributed by atoms with Crippen molar-refractivity contribution < 1.29 is 5.11 Å². The largest absolute Gasteiger partial charge is 0.506 e. The molecule has 3 heteroatoms. The van der Waals surface area contributed by atoms with Gasteiger partial charge >= 0.3 is 0 Å². The van der Waals surface area contributed by atoms with Gasteiger partial charge in [-0.1, -0.05) is 6.07 Å². The van der Waals surface area contributed by atoms with Crippen LogP contribution in [-0.4, -0.2) is 5.11 Å². The van der Waals surface area contributed by atoms with Crippen molar-refractivity contribution in [3.63, 3.8) is 0 Å². The minimum Gasteiger partial charge on any atom is -0.506 e. The molecule has 0 aliphatic rings. The highest BCUT2D eigenvalue weighted by Gasteiger charge is 2.07. The summed E-state index contributed by atoms with van der Waals surface area (Å²) in [5.74, 6) is 0.333. The number of nitrogen functional groups attached to an aromatic ring is 1. The van der Waals surface area contributed by atoms with Crippen LogP contribution >= 0.6 is 11.3 Å². The van der Waals surface area contributed by atoms with Gasteiger partial charge in [0, 0.05) is 16.5 Å². The molecule has 2 nitrogen and oxygen atoms in total. The highest BCUT2D eigenvalue weighted by molar-refractivity contribution is 7.18. The Morgan fingerprint density at radius 2 is 2.17 bits per heavy atom. The van der Waals surface area contributed by atoms with E-state index in [2.05, 4.69) is 0 Å². The van der Waals surface area contributed by atoms with Crippen molar-refractivity contribution in [2.75, 3.05) is 5.73 Å². The molecular formula is C9H9NOS. The molecule has 0 fully saturated rings. The number of aryl methyl sites for hydroxylation is 1. The van der Waals surface area contributed by atoms with Crippen LogP contribution in [0, 0.1) is 6.92 Å². The van der Waals surface area contributed by atoms with E-state index in [-0.39, 0.29) is 0 Å². The van der Waals surface area contributed by atoms with Gasteiger partial charge in [0.2, 0.25) is 0 Å². The summed E-state index contributed by atoms with van der Waals surface area (Å²) in [5.41, 5.74) is 7.54. The van der Waals surface area contributed by atoms with Gasteiger partial charge in [-0.05, 0) is 18.6 Å². The predicted molar refractivity (Wildman–Crippen MR) is 52.6 cm³/mol. The lowest BCUT2D eigenvalue weighted by Crippen LogP contribution is -1.84. The average Bonchev–Trinajstić information content (AvgIpc) is 2.42. The zero-order valence-electron chi connectivity index (χ0n) is 6.66. The van der Waals surface area contributed by atoms with E-state index >= 15 is 0 Å². The van der Waals surface area contributed by atoms with Gasteiger partial charge in [-0.25, -0.2) is 0 Å². The Morgan fingerprint density at radius 1 is 1.42 bits per heavy atom. The summed E-state index contributed by atoms with van der Waals surface area (Å²) in [6, 6.07) is 3.79. The van der Waals surface area contributed by atoms with Gasteiger partial charge in [0.15, 0.2) is 0 Å². The fraction of sp³-hybridized carbons (Fsp3) is 0.111. The van der Waals surface area contributed by atoms with Gasteiger partial charge in [-0.2, -0.15) is 0 Å². The van der Waals surface area contributed by atoms with E-state index in [1.165, 1.54) is 11.3 Å². The Hall–Kier alpha value is -1.22. The first-order valence-electron chi connectivity index (χ1n) is 3.65. The highest BCUT2D eigenvalue weighted by Crippen LogP contribution is 2.36. The quantitative estimate of drug-likeness (QED) is 0.610. The summed E-state index contributed by atoms with van der Waals surface area (Å²) in [4.78, 5) is 0. The molecule has 3 N–H and O–H groups in total. The van der Waals surface area contributed by atoms with Crippen LogP contribution in [0.15, 0.2) is 17.5 Å². The van der Waals surface area contributed by atoms with Gasteiger partial charge in [-0.15, -0.1) is 11.3 Å². The number of nitrogens with two attached hydrogens (primary N) is 1. The molecule has 0 saturated heterocycles. The first-order valence-corrected chi connectivity index (χ1v) is 4.53. The molecular weight excluding hydrogens is 170 g/mol. The van der Waals surface area contributed by atoms with Crippen molar-refractivity contribution in [1.82, 2.24) is 0 Å². The molecule has 1 heterocycles. The molecule has 2 aromatic rings. The molecule has 0 aliphatic heterocycles. The van der Waals surface area contributed by atoms with Crippen LogP contribution < -0.4 is 5.73 Å². The lowest BCUT2D eigenvalue weighted by molar-refractivity contribution is 0.483. The van der Waals surface area contributed by atoms with E-state index in [4.69, 9.17) is 5.73 Å². The number of benzene rings is 1. The molecule has 0 radical (unpaired) electrons. The summed E-state index contributed by atoms with van der Waals surface area (Å²) < 4.78 is 0.979. The predicted octanol–water partition coefficient (Wildman–Crippen LogP) is 2.50. The molecule has 0 atom stereocenters. The third kappa shape index (κ3) is 0.865. The number of fused-ring (bicyclic) bond motifs is 1. The van der Waals surface area contributed by atoms with Crippen LogP contribution in [0.1, 0.15) is 5.56 Å². The van der Waals surface area contributed by atoms with Crippen LogP contribution in [-0.2, 0) is 0 Å². The molecule has 0 amide bonds. The van der Waals surface area contributed by atoms with Crippen LogP contribution in [0.2, 0.25) is 0 Å². The van der Waals surface area contributed by atoms with Crippen molar-refractivity contribution in [1.29, 1.82) is 0 Å². The van der Waals surface area contributed by atoms with E-state index in [0.717, 1.165) is 21.3 Å². The van der Waals surface area contributed by atoms with E-state index in [1.54, 1.807) is 5.38 Å². The number of anilines is 1. The second-order valence-electron chi connectivity index (χ2n) is 2.80. The first kappa shape index (κ1) is 7.43. The van der Waals surface area contributed by atoms with Gasteiger partial charge in [-0.3, -0.25) is 0 Å². The molecule has 12 heavy (non-hydrogen) atoms. The minimum absolute atomic E-state index is 0.333. The molecule has 1 aromatic heterocycles. The number of hydrogen-bond donors (Lipinski definition) is 2. The molecule has 0 spiro atoms. The summed E-state index contributed by atoms with van der Waals surface area (Å²) in [6.07, 6.45) is 0. The van der Waals surface area contributed by atoms with Crippen molar-refractivity contribution in [3.8, 4) is 5.75 Å². The summed E-state index contributed by atoms with van der Waals surface area (Å²) in [5, 5.41) is 12.1. The Kier molecular flexibility index (Phi) is 1.48. The number of hydrogen-bond acceptors (Lipinski definition) is 3. The fourth-order valence-corrected chi connectivity index (χ4v) is 2.25. The van der Waals surface area contributed by atoms with E-state index in [1.807, 2.05) is 19.1 Å². The van der Waals surface area contributed by atoms with Gasteiger partial charge in [0.05, 0.1) is 4.70 Å². The normalized spacial score (nSPS) is 10.8. The number of thiophene rings is 1. The molecule has 62 valence electrons. The topological polar surface area (TPSA) is 46.2 Å². The summed E-state index contributed by atoms with van der Waals surface area (Å²) in [7, 11) is 0. The van der Waals surface area contributed by atoms with Crippen molar-refractivity contribution in [3.05, 3.63) is 23.1 Å². The number of rotatable bonds is 0. The van der Waals surface area contributed by atoms with Crippen LogP contribution in [0.3, 0.4) is 0 Å². The Balaban J connectivity index is 2.98. The van der Waals surface area contributed by atoms with Crippen molar-refractivity contribution in [2.45, 2.75) is 6.92 Å². The number of aromatic hydroxyl groups is 1. The van der Waals surface area contributed by atoms with Crippen LogP contribution in [0.25, 0.3) is 10.1 Å². The van der Waals surface area contributed by atoms with Gasteiger partial charge < -0.3 is 10.8 Å². The lowest BCUT2D eigenvalue weighted by atomic mass is 10.1. The standard InChI is InChI=1S/C9H9NOS/c1-5-2-3-6(10)9-8(5)7(11)4-12-9/h2-4,11H,10H2,1H3. The molecule has 0 unspecified atom stereocenters. The zero-order valence-corrected chi connectivity index (χ0v) is 7.48. The van der Waals surface area contributed by atoms with E-state index in [9.17, 15) is 5.11 Å². The lowest BCUT2D eigenvalue weighted by Gasteiger charge is -1.99. The second kappa shape index (κ2) is 2.38. The van der Waals surface area contributed by atoms with Crippen LogP contribution in [0.4, 0.5) is 5.69 Å². The van der Waals surface area contributed by atoms with E-state index in [0.29, 0.717) is 5.75 Å². The maximum atomic E-state index is 9.47. The minimum atomic E-state index is 0.333. The zero-order chi connectivity index (χ0) is 8.72. The molecule has 0 bridgehead atoms. The maximum absolute atomic E-state index is 9.47. The third-order valence-corrected chi connectivity index (χ3v) is 2.96. The summed E-state index contributed by atoms with van der Waals surface area (Å²) in [6.45, 7) is 1.97. The van der Waals surface area contributed by atoms with Crippen molar-refractivity contribution in [2.24, 2.45) is 0 Å². The fourth-order valence-electron chi connectivity index (χ4n) is 1.32. The van der Waals surface area contributed by atoms with Crippen molar-refractivity contribution >= 4 is 27.1 Å². The SMILES string of the molecule is Cc1ccc(N)c2scc(O)c12. The summed E-state index contributed by atoms with van der Waals surface area (Å²) >= 11 is 1.48. The molecule has 0 aliphatic carbocycles. The Labute approximate surface area is 74.3 Å². The molecule has 1 aromatic carbocycles. The monoisotopic (exact) mass is 179 g/mol. The van der Waals surface area contributed by atoms with Crippen LogP contribution in [0.5, 0.6) is 5.75 Å². The van der Waals surface area contributed by atoms with E-state index < -0.39 is 0 Å². The van der Waals surface area contributed by atoms with Gasteiger partial charge in [0.1, 0.15) is 5.75 Å². The Bertz CT molecular complexity index is 433. The maximum Gasteiger partial charge on any atom is 0.134 e. The first-order chi connectivity index (χ1) is 5.70. The third-order valence-electron chi connectivity index (χ3n) is 1.94. The smallest absolute Gasteiger partial charge is 0.134 e. The van der Waals surface area contributed by atoms with Gasteiger partial charge in [0.25, 0.3) is 0 Å². The molecule has 2 rings (SSSR count). The molecule has 0 saturated carbocycles. The highest BCUT2D eigenvalue weighted by atomic mass is 32.1. The second-order valence-corrected chi connectivity index (χ2v) is 3.68.